The lowest BCUT2D eigenvalue weighted by atomic mass is 10.0. The van der Waals surface area contributed by atoms with Gasteiger partial charge in [-0.3, -0.25) is 14.4 Å². The number of hydrogen-bond acceptors (Lipinski definition) is 4. The zero-order valence-electron chi connectivity index (χ0n) is 16.3. The molecule has 0 saturated heterocycles. The number of carbonyl (C=O) groups excluding carboxylic acids is 2. The van der Waals surface area contributed by atoms with E-state index < -0.39 is 5.97 Å². The summed E-state index contributed by atoms with van der Waals surface area (Å²) in [4.78, 5) is 34.1. The van der Waals surface area contributed by atoms with E-state index in [1.54, 1.807) is 0 Å². The van der Waals surface area contributed by atoms with E-state index in [1.165, 1.54) is 0 Å². The van der Waals surface area contributed by atoms with Crippen molar-refractivity contribution in [2.45, 2.75) is 38.5 Å². The maximum Gasteiger partial charge on any atom is 0.303 e. The molecule has 0 radical (unpaired) electrons. The monoisotopic (exact) mass is 397 g/mol. The van der Waals surface area contributed by atoms with Crippen molar-refractivity contribution in [2.75, 3.05) is 17.2 Å². The first-order valence-electron chi connectivity index (χ1n) is 9.70. The summed E-state index contributed by atoms with van der Waals surface area (Å²) in [7, 11) is 0. The first-order valence-corrected chi connectivity index (χ1v) is 9.70. The van der Waals surface area contributed by atoms with Crippen molar-refractivity contribution in [3.63, 3.8) is 0 Å². The van der Waals surface area contributed by atoms with E-state index in [0.29, 0.717) is 24.2 Å². The van der Waals surface area contributed by atoms with Crippen molar-refractivity contribution in [2.24, 2.45) is 5.73 Å². The molecule has 2 amide bonds. The Balaban J connectivity index is 1.87. The number of anilines is 2. The second-order valence-corrected chi connectivity index (χ2v) is 6.73. The minimum Gasteiger partial charge on any atom is -0.481 e. The van der Waals surface area contributed by atoms with Gasteiger partial charge < -0.3 is 21.5 Å². The number of amides is 2. The minimum absolute atomic E-state index is 0.0633. The molecule has 0 heterocycles. The van der Waals surface area contributed by atoms with Crippen LogP contribution in [0.2, 0.25) is 0 Å². The lowest BCUT2D eigenvalue weighted by Gasteiger charge is -2.11. The number of aliphatic carboxylic acids is 1. The first kappa shape index (κ1) is 22.1. The van der Waals surface area contributed by atoms with Gasteiger partial charge in [0.15, 0.2) is 0 Å². The smallest absolute Gasteiger partial charge is 0.303 e. The summed E-state index contributed by atoms with van der Waals surface area (Å²) in [5.74, 6) is -1.11. The summed E-state index contributed by atoms with van der Waals surface area (Å²) in [6.07, 6.45) is 3.61. The average molecular weight is 397 g/mol. The molecular formula is C22H27N3O4. The van der Waals surface area contributed by atoms with Gasteiger partial charge in [0.05, 0.1) is 6.54 Å². The van der Waals surface area contributed by atoms with Crippen molar-refractivity contribution in [1.82, 2.24) is 0 Å². The molecule has 29 heavy (non-hydrogen) atoms. The van der Waals surface area contributed by atoms with Gasteiger partial charge in [-0.25, -0.2) is 0 Å². The number of unbranched alkanes of at least 4 members (excludes halogenated alkanes) is 3. The van der Waals surface area contributed by atoms with Crippen molar-refractivity contribution in [1.29, 1.82) is 0 Å². The van der Waals surface area contributed by atoms with Gasteiger partial charge in [-0.15, -0.1) is 0 Å². The first-order chi connectivity index (χ1) is 14.0. The maximum absolute atomic E-state index is 12.1. The maximum atomic E-state index is 12.1. The predicted molar refractivity (Wildman–Crippen MR) is 114 cm³/mol. The highest BCUT2D eigenvalue weighted by Crippen LogP contribution is 2.28. The number of benzene rings is 2. The normalized spacial score (nSPS) is 10.4. The molecule has 154 valence electrons. The van der Waals surface area contributed by atoms with Gasteiger partial charge in [-0.05, 0) is 36.6 Å². The number of nitrogens with one attached hydrogen (secondary N) is 2. The van der Waals surface area contributed by atoms with Crippen molar-refractivity contribution >= 4 is 29.2 Å². The molecule has 0 aromatic heterocycles. The summed E-state index contributed by atoms with van der Waals surface area (Å²) in [6.45, 7) is -0.0845. The zero-order chi connectivity index (χ0) is 21.1. The third kappa shape index (κ3) is 7.75. The van der Waals surface area contributed by atoms with E-state index in [2.05, 4.69) is 10.6 Å². The van der Waals surface area contributed by atoms with Gasteiger partial charge in [0.2, 0.25) is 11.8 Å². The molecule has 0 bridgehead atoms. The molecular weight excluding hydrogens is 370 g/mol. The molecule has 0 saturated carbocycles. The van der Waals surface area contributed by atoms with E-state index in [0.717, 1.165) is 30.4 Å². The van der Waals surface area contributed by atoms with Crippen LogP contribution in [0.15, 0.2) is 48.5 Å². The van der Waals surface area contributed by atoms with Crippen LogP contribution in [0.25, 0.3) is 11.1 Å². The van der Waals surface area contributed by atoms with E-state index in [9.17, 15) is 14.4 Å². The molecule has 2 aromatic carbocycles. The second-order valence-electron chi connectivity index (χ2n) is 6.73. The van der Waals surface area contributed by atoms with Gasteiger partial charge in [-0.2, -0.15) is 0 Å². The summed E-state index contributed by atoms with van der Waals surface area (Å²) >= 11 is 0. The molecule has 0 atom stereocenters. The Morgan fingerprint density at radius 1 is 0.793 bits per heavy atom. The van der Waals surface area contributed by atoms with Crippen molar-refractivity contribution < 1.29 is 19.5 Å². The largest absolute Gasteiger partial charge is 0.481 e. The van der Waals surface area contributed by atoms with Gasteiger partial charge in [0, 0.05) is 29.8 Å². The van der Waals surface area contributed by atoms with Crippen LogP contribution < -0.4 is 16.4 Å². The molecule has 7 nitrogen and oxygen atoms in total. The third-order valence-electron chi connectivity index (χ3n) is 4.41. The van der Waals surface area contributed by atoms with Crippen LogP contribution in [0.1, 0.15) is 38.5 Å². The zero-order valence-corrected chi connectivity index (χ0v) is 16.3. The Bertz CT molecular complexity index is 834. The van der Waals surface area contributed by atoms with Crippen LogP contribution in [0, 0.1) is 0 Å². The molecule has 0 spiro atoms. The van der Waals surface area contributed by atoms with Gasteiger partial charge >= 0.3 is 5.97 Å². The van der Waals surface area contributed by atoms with Gasteiger partial charge in [-0.1, -0.05) is 43.2 Å². The van der Waals surface area contributed by atoms with E-state index >= 15 is 0 Å². The van der Waals surface area contributed by atoms with Crippen LogP contribution in [-0.2, 0) is 14.4 Å². The predicted octanol–water partition coefficient (Wildman–Crippen LogP) is 3.61. The second kappa shape index (κ2) is 11.6. The molecule has 0 aliphatic heterocycles. The Hall–Kier alpha value is -3.19. The minimum atomic E-state index is -0.782. The Labute approximate surface area is 170 Å². The van der Waals surface area contributed by atoms with Crippen LogP contribution in [0.3, 0.4) is 0 Å². The highest BCUT2D eigenvalue weighted by molar-refractivity contribution is 5.96. The van der Waals surface area contributed by atoms with Crippen LogP contribution in [0.4, 0.5) is 11.4 Å². The fraction of sp³-hybridized carbons (Fsp3) is 0.318. The Kier molecular flexibility index (Phi) is 8.85. The summed E-state index contributed by atoms with van der Waals surface area (Å²) < 4.78 is 0. The topological polar surface area (TPSA) is 122 Å². The lowest BCUT2D eigenvalue weighted by molar-refractivity contribution is -0.137. The molecule has 0 aliphatic rings. The van der Waals surface area contributed by atoms with Crippen molar-refractivity contribution in [3.8, 4) is 11.1 Å². The van der Waals surface area contributed by atoms with E-state index in [4.69, 9.17) is 10.8 Å². The standard InChI is InChI=1S/C22H27N3O4/c23-15-21(27)25-19-8-6-5-7-18(19)16-11-13-17(14-12-16)24-20(26)9-3-1-2-4-10-22(28)29/h5-8,11-14H,1-4,9-10,15,23H2,(H,24,26)(H,25,27)(H,28,29). The fourth-order valence-electron chi connectivity index (χ4n) is 2.92. The van der Waals surface area contributed by atoms with Gasteiger partial charge in [0.25, 0.3) is 0 Å². The number of hydrogen-bond donors (Lipinski definition) is 4. The Morgan fingerprint density at radius 3 is 2.10 bits per heavy atom. The van der Waals surface area contributed by atoms with Crippen LogP contribution in [-0.4, -0.2) is 29.4 Å². The number of carboxylic acid groups (broad SMARTS) is 1. The number of carboxylic acids is 1. The molecule has 0 fully saturated rings. The summed E-state index contributed by atoms with van der Waals surface area (Å²) in [5.41, 5.74) is 8.53. The van der Waals surface area contributed by atoms with E-state index in [-0.39, 0.29) is 24.8 Å². The molecule has 0 unspecified atom stereocenters. The molecule has 0 aliphatic carbocycles. The quantitative estimate of drug-likeness (QED) is 0.432. The van der Waals surface area contributed by atoms with Crippen LogP contribution in [0.5, 0.6) is 0 Å². The van der Waals surface area contributed by atoms with Crippen LogP contribution >= 0.6 is 0 Å². The molecule has 2 rings (SSSR count). The summed E-state index contributed by atoms with van der Waals surface area (Å²) in [5, 5.41) is 14.2. The Morgan fingerprint density at radius 2 is 1.45 bits per heavy atom. The number of rotatable bonds is 11. The van der Waals surface area contributed by atoms with E-state index in [1.807, 2.05) is 48.5 Å². The van der Waals surface area contributed by atoms with Gasteiger partial charge in [0.1, 0.15) is 0 Å². The number of nitrogens with two attached hydrogens (primary N) is 1. The van der Waals surface area contributed by atoms with Crippen molar-refractivity contribution in [3.05, 3.63) is 48.5 Å². The lowest BCUT2D eigenvalue weighted by Crippen LogP contribution is -2.22. The highest BCUT2D eigenvalue weighted by atomic mass is 16.4. The third-order valence-corrected chi connectivity index (χ3v) is 4.41. The average Bonchev–Trinajstić information content (AvgIpc) is 2.71. The molecule has 5 N–H and O–H groups in total. The molecule has 7 heteroatoms. The number of carbonyl (C=O) groups is 3. The molecule has 2 aromatic rings. The number of para-hydroxylation sites is 1. The fourth-order valence-corrected chi connectivity index (χ4v) is 2.92. The highest BCUT2D eigenvalue weighted by Gasteiger charge is 2.08. The summed E-state index contributed by atoms with van der Waals surface area (Å²) in [6, 6.07) is 14.9. The SMILES string of the molecule is NCC(=O)Nc1ccccc1-c1ccc(NC(=O)CCCCCCC(=O)O)cc1.